The third kappa shape index (κ3) is 22.7. The Labute approximate surface area is 76.0 Å². The van der Waals surface area contributed by atoms with E-state index >= 15 is 0 Å². The molecule has 0 atom stereocenters. The van der Waals surface area contributed by atoms with Crippen LogP contribution in [0.1, 0.15) is 0 Å². The standard InChI is InChI=1S/Cl2O.Mg.Zr.2H/c1-3-2;;;;. The van der Waals surface area contributed by atoms with Crippen LogP contribution in [0.15, 0.2) is 0 Å². The molecule has 0 aromatic carbocycles. The Bertz CT molecular complexity index is 9.61. The molecule has 0 amide bonds. The fourth-order valence-corrected chi connectivity index (χ4v) is 0. The fourth-order valence-electron chi connectivity index (χ4n) is 0. The third-order valence-corrected chi connectivity index (χ3v) is 0. The van der Waals surface area contributed by atoms with Crippen LogP contribution in [0.4, 0.5) is 0 Å². The van der Waals surface area contributed by atoms with Gasteiger partial charge in [0, 0.05) is 26.2 Å². The first-order valence-corrected chi connectivity index (χ1v) is 0.926. The van der Waals surface area contributed by atoms with Crippen LogP contribution in [-0.2, 0) is 30.0 Å². The monoisotopic (exact) mass is 202 g/mol. The predicted octanol–water partition coefficient (Wildman–Crippen LogP) is 0.392. The fraction of sp³-hybridized carbons (Fsp3) is 0. The molecule has 0 spiro atoms. The molecule has 0 aromatic rings. The molecule has 0 heterocycles. The summed E-state index contributed by atoms with van der Waals surface area (Å²) in [6, 6.07) is 0. The minimum atomic E-state index is 0. The Morgan fingerprint density at radius 2 is 1.20 bits per heavy atom. The van der Waals surface area contributed by atoms with E-state index in [0.29, 0.717) is 0 Å². The number of halogens is 2. The maximum absolute atomic E-state index is 4.26. The van der Waals surface area contributed by atoms with Gasteiger partial charge in [0.2, 0.25) is 0 Å². The van der Waals surface area contributed by atoms with Crippen LogP contribution in [0, 0.1) is 0 Å². The van der Waals surface area contributed by atoms with Gasteiger partial charge in [0.25, 0.3) is 0 Å². The van der Waals surface area contributed by atoms with Crippen molar-refractivity contribution >= 4 is 46.8 Å². The van der Waals surface area contributed by atoms with Crippen molar-refractivity contribution in [1.82, 2.24) is 0 Å². The SMILES string of the molecule is ClOCl.[MgH2].[Zr]. The van der Waals surface area contributed by atoms with Crippen LogP contribution in [0.2, 0.25) is 0 Å². The predicted molar refractivity (Wildman–Crippen MR) is 21.3 cm³/mol. The van der Waals surface area contributed by atoms with Gasteiger partial charge in [-0.2, -0.15) is 3.84 Å². The van der Waals surface area contributed by atoms with Gasteiger partial charge in [-0.1, -0.05) is 0 Å². The van der Waals surface area contributed by atoms with Gasteiger partial charge >= 0.3 is 23.1 Å². The summed E-state index contributed by atoms with van der Waals surface area (Å²) in [6.07, 6.45) is 0. The second-order valence-electron chi connectivity index (χ2n) is 0.0583. The number of hydrogen-bond donors (Lipinski definition) is 0. The molecule has 0 rings (SSSR count). The van der Waals surface area contributed by atoms with Crippen LogP contribution >= 0.6 is 23.7 Å². The van der Waals surface area contributed by atoms with Gasteiger partial charge in [-0.15, -0.1) is 0 Å². The summed E-state index contributed by atoms with van der Waals surface area (Å²) >= 11 is 8.53. The maximum Gasteiger partial charge on any atom is 0.316 e. The normalized spacial score (nSPS) is 3.60. The Morgan fingerprint density at radius 3 is 1.20 bits per heavy atom. The van der Waals surface area contributed by atoms with Crippen molar-refractivity contribution in [3.8, 4) is 0 Å². The summed E-state index contributed by atoms with van der Waals surface area (Å²) in [5.41, 5.74) is 0. The molecule has 0 saturated carbocycles. The van der Waals surface area contributed by atoms with Gasteiger partial charge in [0.1, 0.15) is 0 Å². The molecule has 0 aliphatic rings. The molecule has 0 N–H and O–H groups in total. The Morgan fingerprint density at radius 1 is 1.20 bits per heavy atom. The first-order valence-electron chi connectivity index (χ1n) is 0.309. The average Bonchev–Trinajstić information content (AvgIpc) is 0.918. The smallest absolute Gasteiger partial charge is 0.166 e. The molecule has 0 unspecified atom stereocenters. The van der Waals surface area contributed by atoms with E-state index in [-0.39, 0.29) is 49.3 Å². The molecule has 0 radical (unpaired) electrons. The van der Waals surface area contributed by atoms with Gasteiger partial charge in [0.05, 0.1) is 23.7 Å². The first-order chi connectivity index (χ1) is 1.41. The molecule has 0 bridgehead atoms. The molecule has 0 aromatic heterocycles. The first kappa shape index (κ1) is 15.7. The Hall–Kier alpha value is 2.19. The molecule has 0 saturated heterocycles. The average molecular weight is 204 g/mol. The van der Waals surface area contributed by atoms with E-state index in [9.17, 15) is 0 Å². The van der Waals surface area contributed by atoms with Crippen molar-refractivity contribution in [1.29, 1.82) is 0 Å². The third-order valence-electron chi connectivity index (χ3n) is 0. The van der Waals surface area contributed by atoms with Gasteiger partial charge in [-0.3, -0.25) is 0 Å². The minimum Gasteiger partial charge on any atom is -0.166 e. The zero-order valence-electron chi connectivity index (χ0n) is 1.66. The van der Waals surface area contributed by atoms with Gasteiger partial charge in [-0.25, -0.2) is 0 Å². The molecule has 5 heavy (non-hydrogen) atoms. The molecular formula is H2Cl2MgOZr. The molecular weight excluding hydrogens is 202 g/mol. The zero-order valence-corrected chi connectivity index (χ0v) is 5.63. The van der Waals surface area contributed by atoms with E-state index < -0.39 is 0 Å². The van der Waals surface area contributed by atoms with E-state index in [1.165, 1.54) is 0 Å². The van der Waals surface area contributed by atoms with Gasteiger partial charge in [0.15, 0.2) is 0 Å². The van der Waals surface area contributed by atoms with E-state index in [2.05, 4.69) is 27.6 Å². The molecule has 28 valence electrons. The summed E-state index contributed by atoms with van der Waals surface area (Å²) in [7, 11) is 0. The van der Waals surface area contributed by atoms with Gasteiger partial charge in [-0.05, 0) is 0 Å². The molecule has 5 heteroatoms. The van der Waals surface area contributed by atoms with Crippen LogP contribution in [0.3, 0.4) is 0 Å². The summed E-state index contributed by atoms with van der Waals surface area (Å²) in [4.78, 5) is 0. The largest absolute Gasteiger partial charge is 0.316 e. The molecule has 0 aliphatic heterocycles. The second kappa shape index (κ2) is 16.4. The summed E-state index contributed by atoms with van der Waals surface area (Å²) in [5, 5.41) is 0. The van der Waals surface area contributed by atoms with Crippen LogP contribution in [0.25, 0.3) is 0 Å². The molecule has 1 nitrogen and oxygen atoms in total. The van der Waals surface area contributed by atoms with Crippen molar-refractivity contribution in [2.45, 2.75) is 0 Å². The molecule has 0 aliphatic carbocycles. The van der Waals surface area contributed by atoms with E-state index in [1.807, 2.05) is 0 Å². The minimum absolute atomic E-state index is 0. The number of hydrogen-bond acceptors (Lipinski definition) is 1. The second-order valence-corrected chi connectivity index (χ2v) is 0.525. The molecule has 0 fully saturated rings. The van der Waals surface area contributed by atoms with Crippen molar-refractivity contribution in [3.05, 3.63) is 0 Å². The van der Waals surface area contributed by atoms with Crippen LogP contribution in [0.5, 0.6) is 0 Å². The van der Waals surface area contributed by atoms with Crippen LogP contribution in [-0.4, -0.2) is 23.1 Å². The van der Waals surface area contributed by atoms with E-state index in [1.54, 1.807) is 0 Å². The maximum atomic E-state index is 4.26. The Balaban J connectivity index is -0.0000000200. The van der Waals surface area contributed by atoms with Crippen molar-refractivity contribution in [2.24, 2.45) is 0 Å². The Kier molecular flexibility index (Phi) is 51.4. The summed E-state index contributed by atoms with van der Waals surface area (Å²) in [5.74, 6) is 0. The summed E-state index contributed by atoms with van der Waals surface area (Å²) in [6.45, 7) is 0. The topological polar surface area (TPSA) is 9.23 Å². The van der Waals surface area contributed by atoms with Crippen molar-refractivity contribution < 1.29 is 30.0 Å². The van der Waals surface area contributed by atoms with Crippen molar-refractivity contribution in [2.75, 3.05) is 0 Å². The quantitative estimate of drug-likeness (QED) is 0.519. The van der Waals surface area contributed by atoms with E-state index in [4.69, 9.17) is 0 Å². The van der Waals surface area contributed by atoms with Crippen LogP contribution < -0.4 is 0 Å². The van der Waals surface area contributed by atoms with Crippen molar-refractivity contribution in [3.63, 3.8) is 0 Å². The zero-order chi connectivity index (χ0) is 2.71. The summed E-state index contributed by atoms with van der Waals surface area (Å²) < 4.78 is 3.19. The number of rotatable bonds is 0. The van der Waals surface area contributed by atoms with E-state index in [0.717, 1.165) is 0 Å². The van der Waals surface area contributed by atoms with Gasteiger partial charge < -0.3 is 0 Å².